The molecule has 1 fully saturated rings. The summed E-state index contributed by atoms with van der Waals surface area (Å²) in [6.07, 6.45) is 3.25. The molecule has 1 aromatic carbocycles. The summed E-state index contributed by atoms with van der Waals surface area (Å²) in [7, 11) is 0. The molecular formula is C21H25N3O2. The molecule has 0 bridgehead atoms. The summed E-state index contributed by atoms with van der Waals surface area (Å²) < 4.78 is 0. The summed E-state index contributed by atoms with van der Waals surface area (Å²) in [4.78, 5) is 33.1. The molecule has 1 aromatic heterocycles. The largest absolute Gasteiger partial charge is 0.335 e. The number of piperazine rings is 1. The van der Waals surface area contributed by atoms with Crippen molar-refractivity contribution in [3.05, 3.63) is 65.0 Å². The average molecular weight is 351 g/mol. The molecule has 26 heavy (non-hydrogen) atoms. The van der Waals surface area contributed by atoms with Crippen molar-refractivity contribution in [1.82, 2.24) is 14.8 Å². The molecule has 2 aromatic rings. The third kappa shape index (κ3) is 3.77. The van der Waals surface area contributed by atoms with Gasteiger partial charge in [0.2, 0.25) is 0 Å². The Kier molecular flexibility index (Phi) is 5.35. The van der Waals surface area contributed by atoms with Gasteiger partial charge in [-0.2, -0.15) is 0 Å². The standard InChI is InChI=1S/C21H25N3O2/c1-15(2)18-5-4-16(3)19(14-18)21(26)24-12-10-23(11-13-24)20(25)17-6-8-22-9-7-17/h4-9,14-15H,10-13H2,1-3H3. The molecule has 1 aliphatic rings. The van der Waals surface area contributed by atoms with Crippen LogP contribution in [0.25, 0.3) is 0 Å². The second kappa shape index (κ2) is 7.68. The van der Waals surface area contributed by atoms with Crippen LogP contribution < -0.4 is 0 Å². The second-order valence-electron chi connectivity index (χ2n) is 7.05. The van der Waals surface area contributed by atoms with E-state index < -0.39 is 0 Å². The first-order valence-electron chi connectivity index (χ1n) is 9.06. The van der Waals surface area contributed by atoms with E-state index in [9.17, 15) is 9.59 Å². The van der Waals surface area contributed by atoms with Crippen LogP contribution >= 0.6 is 0 Å². The van der Waals surface area contributed by atoms with Gasteiger partial charge in [0.15, 0.2) is 0 Å². The Morgan fingerprint density at radius 1 is 0.923 bits per heavy atom. The fourth-order valence-electron chi connectivity index (χ4n) is 3.19. The minimum Gasteiger partial charge on any atom is -0.335 e. The number of amides is 2. The summed E-state index contributed by atoms with van der Waals surface area (Å²) in [5.74, 6) is 0.440. The minimum atomic E-state index is -0.00233. The van der Waals surface area contributed by atoms with E-state index in [1.54, 1.807) is 29.4 Å². The third-order valence-corrected chi connectivity index (χ3v) is 4.94. The minimum absolute atomic E-state index is 0.00233. The zero-order chi connectivity index (χ0) is 18.7. The summed E-state index contributed by atoms with van der Waals surface area (Å²) in [5.41, 5.74) is 3.57. The number of hydrogen-bond acceptors (Lipinski definition) is 3. The molecule has 136 valence electrons. The van der Waals surface area contributed by atoms with Crippen LogP contribution in [0.15, 0.2) is 42.7 Å². The molecule has 0 spiro atoms. The fraction of sp³-hybridized carbons (Fsp3) is 0.381. The van der Waals surface area contributed by atoms with Gasteiger partial charge in [-0.1, -0.05) is 26.0 Å². The first-order valence-corrected chi connectivity index (χ1v) is 9.06. The summed E-state index contributed by atoms with van der Waals surface area (Å²) >= 11 is 0. The van der Waals surface area contributed by atoms with Crippen LogP contribution in [0.5, 0.6) is 0 Å². The Morgan fingerprint density at radius 2 is 1.50 bits per heavy atom. The van der Waals surface area contributed by atoms with Crippen molar-refractivity contribution in [2.24, 2.45) is 0 Å². The van der Waals surface area contributed by atoms with Crippen molar-refractivity contribution < 1.29 is 9.59 Å². The monoisotopic (exact) mass is 351 g/mol. The topological polar surface area (TPSA) is 53.5 Å². The molecule has 1 aliphatic heterocycles. The predicted molar refractivity (Wildman–Crippen MR) is 101 cm³/mol. The molecule has 0 saturated carbocycles. The average Bonchev–Trinajstić information content (AvgIpc) is 2.68. The normalized spacial score (nSPS) is 14.6. The van der Waals surface area contributed by atoms with E-state index in [-0.39, 0.29) is 11.8 Å². The highest BCUT2D eigenvalue weighted by Crippen LogP contribution is 2.21. The number of benzene rings is 1. The van der Waals surface area contributed by atoms with E-state index in [0.717, 1.165) is 11.1 Å². The highest BCUT2D eigenvalue weighted by Gasteiger charge is 2.26. The van der Waals surface area contributed by atoms with Crippen molar-refractivity contribution in [3.63, 3.8) is 0 Å². The molecule has 0 unspecified atom stereocenters. The van der Waals surface area contributed by atoms with Crippen LogP contribution in [0.1, 0.15) is 51.6 Å². The lowest BCUT2D eigenvalue weighted by atomic mass is 9.97. The van der Waals surface area contributed by atoms with Crippen molar-refractivity contribution >= 4 is 11.8 Å². The molecule has 5 heteroatoms. The molecule has 0 radical (unpaired) electrons. The van der Waals surface area contributed by atoms with E-state index in [0.29, 0.717) is 37.7 Å². The lowest BCUT2D eigenvalue weighted by molar-refractivity contribution is 0.0535. The van der Waals surface area contributed by atoms with Crippen molar-refractivity contribution in [2.45, 2.75) is 26.7 Å². The van der Waals surface area contributed by atoms with Gasteiger partial charge >= 0.3 is 0 Å². The van der Waals surface area contributed by atoms with Crippen LogP contribution in [0, 0.1) is 6.92 Å². The van der Waals surface area contributed by atoms with Crippen molar-refractivity contribution in [3.8, 4) is 0 Å². The molecule has 2 amide bonds. The maximum absolute atomic E-state index is 13.0. The Bertz CT molecular complexity index is 794. The maximum Gasteiger partial charge on any atom is 0.254 e. The van der Waals surface area contributed by atoms with Gasteiger partial charge in [0, 0.05) is 49.7 Å². The van der Waals surface area contributed by atoms with E-state index in [1.165, 1.54) is 5.56 Å². The summed E-state index contributed by atoms with van der Waals surface area (Å²) in [6.45, 7) is 8.44. The van der Waals surface area contributed by atoms with Gasteiger partial charge in [-0.25, -0.2) is 0 Å². The zero-order valence-corrected chi connectivity index (χ0v) is 15.6. The SMILES string of the molecule is Cc1ccc(C(C)C)cc1C(=O)N1CCN(C(=O)c2ccncc2)CC1. The lowest BCUT2D eigenvalue weighted by Gasteiger charge is -2.35. The lowest BCUT2D eigenvalue weighted by Crippen LogP contribution is -2.50. The van der Waals surface area contributed by atoms with E-state index in [4.69, 9.17) is 0 Å². The molecule has 2 heterocycles. The fourth-order valence-corrected chi connectivity index (χ4v) is 3.19. The smallest absolute Gasteiger partial charge is 0.254 e. The van der Waals surface area contributed by atoms with Crippen molar-refractivity contribution in [2.75, 3.05) is 26.2 Å². The molecule has 0 N–H and O–H groups in total. The molecule has 0 atom stereocenters. The van der Waals surface area contributed by atoms with Gasteiger partial charge in [0.25, 0.3) is 11.8 Å². The second-order valence-corrected chi connectivity index (χ2v) is 7.05. The third-order valence-electron chi connectivity index (χ3n) is 4.94. The van der Waals surface area contributed by atoms with E-state index in [1.807, 2.05) is 24.0 Å². The van der Waals surface area contributed by atoms with E-state index >= 15 is 0 Å². The van der Waals surface area contributed by atoms with Gasteiger partial charge < -0.3 is 9.80 Å². The number of hydrogen-bond donors (Lipinski definition) is 0. The van der Waals surface area contributed by atoms with E-state index in [2.05, 4.69) is 24.9 Å². The summed E-state index contributed by atoms with van der Waals surface area (Å²) in [5, 5.41) is 0. The quantitative estimate of drug-likeness (QED) is 0.854. The number of aryl methyl sites for hydroxylation is 1. The molecule has 5 nitrogen and oxygen atoms in total. The number of nitrogens with zero attached hydrogens (tertiary/aromatic N) is 3. The Hall–Kier alpha value is -2.69. The number of carbonyl (C=O) groups is 2. The molecular weight excluding hydrogens is 326 g/mol. The van der Waals surface area contributed by atoms with Crippen molar-refractivity contribution in [1.29, 1.82) is 0 Å². The van der Waals surface area contributed by atoms with Crippen LogP contribution in [0.4, 0.5) is 0 Å². The highest BCUT2D eigenvalue weighted by atomic mass is 16.2. The molecule has 0 aliphatic carbocycles. The zero-order valence-electron chi connectivity index (χ0n) is 15.6. The Labute approximate surface area is 154 Å². The summed E-state index contributed by atoms with van der Waals surface area (Å²) in [6, 6.07) is 9.56. The van der Waals surface area contributed by atoms with Gasteiger partial charge in [-0.05, 0) is 42.2 Å². The van der Waals surface area contributed by atoms with Gasteiger partial charge in [0.1, 0.15) is 0 Å². The number of pyridine rings is 1. The number of rotatable bonds is 3. The first kappa shape index (κ1) is 18.1. The first-order chi connectivity index (χ1) is 12.5. The number of aromatic nitrogens is 1. The number of carbonyl (C=O) groups excluding carboxylic acids is 2. The maximum atomic E-state index is 13.0. The predicted octanol–water partition coefficient (Wildman–Crippen LogP) is 3.11. The van der Waals surface area contributed by atoms with Gasteiger partial charge in [-0.15, -0.1) is 0 Å². The van der Waals surface area contributed by atoms with Gasteiger partial charge in [0.05, 0.1) is 0 Å². The Balaban J connectivity index is 1.67. The molecule has 3 rings (SSSR count). The van der Waals surface area contributed by atoms with Crippen LogP contribution in [0.2, 0.25) is 0 Å². The van der Waals surface area contributed by atoms with Gasteiger partial charge in [-0.3, -0.25) is 14.6 Å². The van der Waals surface area contributed by atoms with Crippen LogP contribution in [-0.2, 0) is 0 Å². The van der Waals surface area contributed by atoms with Crippen LogP contribution in [-0.4, -0.2) is 52.8 Å². The molecule has 1 saturated heterocycles. The highest BCUT2D eigenvalue weighted by molar-refractivity contribution is 5.97. The Morgan fingerprint density at radius 3 is 2.08 bits per heavy atom. The van der Waals surface area contributed by atoms with Crippen LogP contribution in [0.3, 0.4) is 0 Å².